The number of carbonyl (C=O) groups excluding carboxylic acids is 1. The largest absolute Gasteiger partial charge is 0.446 e. The standard InChI is InChI=1S/C24H33N5O3S/c1-18-15-28(23-25-13-22(14-26-23)33(3)31)16-19(2)29(18)24(30)32-21-9-11-27(12-10-21)17-20-7-5-4-6-8-20/h4-8,13-14,18-19,21H,9-12,15-17H2,1-3H3/t18-,19+,33?. The van der Waals surface area contributed by atoms with Crippen LogP contribution in [0.4, 0.5) is 10.7 Å². The van der Waals surface area contributed by atoms with Gasteiger partial charge in [0, 0.05) is 51.4 Å². The summed E-state index contributed by atoms with van der Waals surface area (Å²) in [5.74, 6) is 0.599. The molecule has 0 bridgehead atoms. The Morgan fingerprint density at radius 2 is 1.67 bits per heavy atom. The number of rotatable bonds is 5. The van der Waals surface area contributed by atoms with Crippen LogP contribution in [0.1, 0.15) is 32.3 Å². The number of hydrogen-bond donors (Lipinski definition) is 0. The van der Waals surface area contributed by atoms with E-state index in [9.17, 15) is 9.00 Å². The maximum atomic E-state index is 13.0. The van der Waals surface area contributed by atoms with E-state index in [1.165, 1.54) is 5.56 Å². The van der Waals surface area contributed by atoms with Crippen LogP contribution < -0.4 is 4.90 Å². The molecule has 8 nitrogen and oxygen atoms in total. The molecule has 2 aromatic rings. The molecule has 33 heavy (non-hydrogen) atoms. The summed E-state index contributed by atoms with van der Waals surface area (Å²) in [5, 5.41) is 0. The fourth-order valence-corrected chi connectivity index (χ4v) is 5.10. The van der Waals surface area contributed by atoms with Gasteiger partial charge in [-0.25, -0.2) is 14.8 Å². The topological polar surface area (TPSA) is 78.9 Å². The van der Waals surface area contributed by atoms with Crippen molar-refractivity contribution >= 4 is 22.8 Å². The number of ether oxygens (including phenoxy) is 1. The van der Waals surface area contributed by atoms with Crippen LogP contribution in [0.3, 0.4) is 0 Å². The van der Waals surface area contributed by atoms with Crippen molar-refractivity contribution in [1.82, 2.24) is 19.8 Å². The lowest BCUT2D eigenvalue weighted by Crippen LogP contribution is -2.59. The van der Waals surface area contributed by atoms with E-state index >= 15 is 0 Å². The molecule has 0 saturated carbocycles. The minimum atomic E-state index is -1.10. The van der Waals surface area contributed by atoms with Crippen molar-refractivity contribution in [2.75, 3.05) is 37.3 Å². The van der Waals surface area contributed by atoms with E-state index < -0.39 is 10.8 Å². The first-order valence-electron chi connectivity index (χ1n) is 11.6. The molecule has 2 aliphatic rings. The number of aromatic nitrogens is 2. The molecule has 0 radical (unpaired) electrons. The first kappa shape index (κ1) is 23.6. The third-order valence-corrected chi connectivity index (χ3v) is 7.28. The van der Waals surface area contributed by atoms with Crippen LogP contribution in [-0.4, -0.2) is 80.7 Å². The normalized spacial score (nSPS) is 23.4. The van der Waals surface area contributed by atoms with Crippen LogP contribution >= 0.6 is 0 Å². The number of anilines is 1. The zero-order valence-electron chi connectivity index (χ0n) is 19.6. The van der Waals surface area contributed by atoms with E-state index in [4.69, 9.17) is 4.74 Å². The third kappa shape index (κ3) is 5.89. The summed E-state index contributed by atoms with van der Waals surface area (Å²) >= 11 is 0. The van der Waals surface area contributed by atoms with Gasteiger partial charge in [-0.15, -0.1) is 0 Å². The molecule has 1 aromatic carbocycles. The molecule has 0 spiro atoms. The minimum Gasteiger partial charge on any atom is -0.446 e. The van der Waals surface area contributed by atoms with Gasteiger partial charge in [0.25, 0.3) is 0 Å². The second kappa shape index (κ2) is 10.6. The average Bonchev–Trinajstić information content (AvgIpc) is 2.80. The number of benzene rings is 1. The molecule has 1 aromatic heterocycles. The molecule has 2 saturated heterocycles. The highest BCUT2D eigenvalue weighted by Gasteiger charge is 2.36. The van der Waals surface area contributed by atoms with Crippen LogP contribution in [0.15, 0.2) is 47.6 Å². The van der Waals surface area contributed by atoms with Gasteiger partial charge in [0.1, 0.15) is 6.10 Å². The lowest BCUT2D eigenvalue weighted by Gasteiger charge is -2.44. The van der Waals surface area contributed by atoms with Gasteiger partial charge in [-0.1, -0.05) is 30.3 Å². The average molecular weight is 472 g/mol. The molecule has 1 amide bonds. The van der Waals surface area contributed by atoms with Gasteiger partial charge < -0.3 is 9.64 Å². The van der Waals surface area contributed by atoms with Crippen LogP contribution in [0, 0.1) is 0 Å². The zero-order valence-corrected chi connectivity index (χ0v) is 20.4. The van der Waals surface area contributed by atoms with Crippen molar-refractivity contribution in [2.24, 2.45) is 0 Å². The predicted molar refractivity (Wildman–Crippen MR) is 129 cm³/mol. The predicted octanol–water partition coefficient (Wildman–Crippen LogP) is 2.91. The van der Waals surface area contributed by atoms with Crippen molar-refractivity contribution in [1.29, 1.82) is 0 Å². The van der Waals surface area contributed by atoms with Crippen LogP contribution in [0.5, 0.6) is 0 Å². The first-order valence-corrected chi connectivity index (χ1v) is 13.1. The Hall–Kier alpha value is -2.52. The van der Waals surface area contributed by atoms with Gasteiger partial charge in [0.2, 0.25) is 5.95 Å². The number of likely N-dealkylation sites (tertiary alicyclic amines) is 1. The molecule has 0 N–H and O–H groups in total. The summed E-state index contributed by atoms with van der Waals surface area (Å²) in [6.07, 6.45) is 6.29. The van der Waals surface area contributed by atoms with Gasteiger partial charge >= 0.3 is 6.09 Å². The number of amides is 1. The molecule has 2 aliphatic heterocycles. The molecular weight excluding hydrogens is 438 g/mol. The number of carbonyl (C=O) groups is 1. The van der Waals surface area contributed by atoms with Crippen LogP contribution in [0.25, 0.3) is 0 Å². The Morgan fingerprint density at radius 1 is 1.06 bits per heavy atom. The molecule has 3 atom stereocenters. The second-order valence-corrected chi connectivity index (χ2v) is 10.4. The van der Waals surface area contributed by atoms with Gasteiger partial charge in [-0.05, 0) is 32.3 Å². The van der Waals surface area contributed by atoms with Gasteiger partial charge in [0.15, 0.2) is 0 Å². The summed E-state index contributed by atoms with van der Waals surface area (Å²) < 4.78 is 17.5. The Bertz CT molecular complexity index is 938. The van der Waals surface area contributed by atoms with E-state index in [-0.39, 0.29) is 24.3 Å². The highest BCUT2D eigenvalue weighted by atomic mass is 32.2. The molecule has 1 unspecified atom stereocenters. The van der Waals surface area contributed by atoms with Gasteiger partial charge in [0.05, 0.1) is 27.8 Å². The Morgan fingerprint density at radius 3 is 2.24 bits per heavy atom. The van der Waals surface area contributed by atoms with E-state index in [0.29, 0.717) is 23.9 Å². The summed E-state index contributed by atoms with van der Waals surface area (Å²) in [4.78, 5) is 28.7. The fraction of sp³-hybridized carbons (Fsp3) is 0.542. The van der Waals surface area contributed by atoms with Gasteiger partial charge in [-0.3, -0.25) is 14.0 Å². The van der Waals surface area contributed by atoms with Crippen molar-refractivity contribution in [3.63, 3.8) is 0 Å². The van der Waals surface area contributed by atoms with Crippen LogP contribution in [-0.2, 0) is 22.1 Å². The van der Waals surface area contributed by atoms with Crippen molar-refractivity contribution in [2.45, 2.75) is 56.3 Å². The highest BCUT2D eigenvalue weighted by Crippen LogP contribution is 2.23. The number of hydrogen-bond acceptors (Lipinski definition) is 7. The van der Waals surface area contributed by atoms with E-state index in [0.717, 1.165) is 32.5 Å². The van der Waals surface area contributed by atoms with E-state index in [2.05, 4.69) is 44.0 Å². The maximum absolute atomic E-state index is 13.0. The highest BCUT2D eigenvalue weighted by molar-refractivity contribution is 7.84. The number of piperidine rings is 1. The number of nitrogens with zero attached hydrogens (tertiary/aromatic N) is 5. The summed E-state index contributed by atoms with van der Waals surface area (Å²) in [6.45, 7) is 8.12. The van der Waals surface area contributed by atoms with Crippen molar-refractivity contribution < 1.29 is 13.7 Å². The lowest BCUT2D eigenvalue weighted by molar-refractivity contribution is 0.00995. The second-order valence-electron chi connectivity index (χ2n) is 9.03. The minimum absolute atomic E-state index is 0.0250. The first-order chi connectivity index (χ1) is 15.9. The fourth-order valence-electron chi connectivity index (χ4n) is 4.70. The maximum Gasteiger partial charge on any atom is 0.410 e. The molecule has 178 valence electrons. The molecule has 4 rings (SSSR count). The van der Waals surface area contributed by atoms with Gasteiger partial charge in [-0.2, -0.15) is 0 Å². The van der Waals surface area contributed by atoms with Crippen molar-refractivity contribution in [3.05, 3.63) is 48.3 Å². The molecule has 2 fully saturated rings. The quantitative estimate of drug-likeness (QED) is 0.663. The van der Waals surface area contributed by atoms with E-state index in [1.54, 1.807) is 18.6 Å². The Balaban J connectivity index is 1.28. The Kier molecular flexibility index (Phi) is 7.60. The van der Waals surface area contributed by atoms with Crippen molar-refractivity contribution in [3.8, 4) is 0 Å². The smallest absolute Gasteiger partial charge is 0.410 e. The van der Waals surface area contributed by atoms with E-state index in [1.807, 2.05) is 24.8 Å². The number of piperazine rings is 1. The molecule has 0 aliphatic carbocycles. The summed E-state index contributed by atoms with van der Waals surface area (Å²) in [6, 6.07) is 10.4. The molecular formula is C24H33N5O3S. The third-order valence-electron chi connectivity index (χ3n) is 6.41. The lowest BCUT2D eigenvalue weighted by atomic mass is 10.1. The SMILES string of the molecule is C[C@@H]1CN(c2ncc(S(C)=O)cn2)C[C@H](C)N1C(=O)OC1CCN(Cc2ccccc2)CC1. The molecule has 9 heteroatoms. The Labute approximate surface area is 198 Å². The summed E-state index contributed by atoms with van der Waals surface area (Å²) in [7, 11) is -1.10. The monoisotopic (exact) mass is 471 g/mol. The zero-order chi connectivity index (χ0) is 23.4. The molecule has 3 heterocycles. The summed E-state index contributed by atoms with van der Waals surface area (Å²) in [5.41, 5.74) is 1.31. The van der Waals surface area contributed by atoms with Crippen LogP contribution in [0.2, 0.25) is 0 Å².